The lowest BCUT2D eigenvalue weighted by molar-refractivity contribution is -0.142. The summed E-state index contributed by atoms with van der Waals surface area (Å²) in [6.07, 6.45) is 3.21. The predicted molar refractivity (Wildman–Crippen MR) is 95.3 cm³/mol. The number of aromatic amines is 1. The van der Waals surface area contributed by atoms with Crippen LogP contribution in [0.4, 0.5) is 0 Å². The Hall–Kier alpha value is -2.95. The van der Waals surface area contributed by atoms with Gasteiger partial charge in [0.1, 0.15) is 12.1 Å². The van der Waals surface area contributed by atoms with Crippen LogP contribution in [0, 0.1) is 5.92 Å². The van der Waals surface area contributed by atoms with Gasteiger partial charge in [0.25, 0.3) is 0 Å². The standard InChI is InChI=1S/C16H26N6O5/c1-9(2)3-11(21-14(24)7-19-13(23)5-17)15(25)22-12(16(26)27)4-10-6-18-8-20-10/h6,8-9,11-12H,3-5,7,17H2,1-2H3,(H,18,20)(H,19,23)(H,21,24)(H,22,25)(H,26,27). The molecule has 150 valence electrons. The summed E-state index contributed by atoms with van der Waals surface area (Å²) in [6, 6.07) is -2.11. The summed E-state index contributed by atoms with van der Waals surface area (Å²) in [7, 11) is 0. The van der Waals surface area contributed by atoms with Crippen molar-refractivity contribution in [2.75, 3.05) is 13.1 Å². The van der Waals surface area contributed by atoms with Gasteiger partial charge in [0.2, 0.25) is 17.7 Å². The fourth-order valence-corrected chi connectivity index (χ4v) is 2.29. The Labute approximate surface area is 156 Å². The molecule has 1 aromatic heterocycles. The molecule has 0 saturated carbocycles. The lowest BCUT2D eigenvalue weighted by Gasteiger charge is -2.22. The molecule has 0 aliphatic rings. The Morgan fingerprint density at radius 1 is 1.19 bits per heavy atom. The fraction of sp³-hybridized carbons (Fsp3) is 0.562. The third-order valence-electron chi connectivity index (χ3n) is 3.58. The van der Waals surface area contributed by atoms with Gasteiger partial charge in [0.15, 0.2) is 0 Å². The van der Waals surface area contributed by atoms with Gasteiger partial charge in [-0.05, 0) is 12.3 Å². The summed E-state index contributed by atoms with van der Waals surface area (Å²) < 4.78 is 0. The van der Waals surface area contributed by atoms with Crippen LogP contribution in [0.3, 0.4) is 0 Å². The first kappa shape index (κ1) is 22.1. The van der Waals surface area contributed by atoms with Gasteiger partial charge in [-0.3, -0.25) is 14.4 Å². The highest BCUT2D eigenvalue weighted by molar-refractivity contribution is 5.92. The van der Waals surface area contributed by atoms with E-state index in [1.165, 1.54) is 12.5 Å². The molecule has 11 heteroatoms. The van der Waals surface area contributed by atoms with E-state index in [9.17, 15) is 24.3 Å². The fourth-order valence-electron chi connectivity index (χ4n) is 2.29. The first-order valence-electron chi connectivity index (χ1n) is 8.49. The van der Waals surface area contributed by atoms with E-state index in [1.54, 1.807) is 0 Å². The van der Waals surface area contributed by atoms with Crippen molar-refractivity contribution in [3.8, 4) is 0 Å². The zero-order valence-electron chi connectivity index (χ0n) is 15.3. The van der Waals surface area contributed by atoms with Gasteiger partial charge in [-0.2, -0.15) is 0 Å². The van der Waals surface area contributed by atoms with Crippen molar-refractivity contribution < 1.29 is 24.3 Å². The Kier molecular flexibility index (Phi) is 8.93. The monoisotopic (exact) mass is 382 g/mol. The van der Waals surface area contributed by atoms with Crippen molar-refractivity contribution in [1.82, 2.24) is 25.9 Å². The predicted octanol–water partition coefficient (Wildman–Crippen LogP) is -1.87. The summed E-state index contributed by atoms with van der Waals surface area (Å²) in [5.74, 6) is -2.83. The van der Waals surface area contributed by atoms with Crippen LogP contribution >= 0.6 is 0 Å². The lowest BCUT2D eigenvalue weighted by Crippen LogP contribution is -2.54. The molecule has 2 atom stereocenters. The number of rotatable bonds is 11. The number of carbonyl (C=O) groups excluding carboxylic acids is 3. The minimum atomic E-state index is -1.21. The largest absolute Gasteiger partial charge is 0.480 e. The number of hydrogen-bond acceptors (Lipinski definition) is 6. The third kappa shape index (κ3) is 8.31. The van der Waals surface area contributed by atoms with Crippen molar-refractivity contribution >= 4 is 23.7 Å². The van der Waals surface area contributed by atoms with Gasteiger partial charge in [-0.1, -0.05) is 13.8 Å². The maximum Gasteiger partial charge on any atom is 0.326 e. The summed E-state index contributed by atoms with van der Waals surface area (Å²) >= 11 is 0. The van der Waals surface area contributed by atoms with E-state index in [2.05, 4.69) is 25.9 Å². The molecular weight excluding hydrogens is 356 g/mol. The average Bonchev–Trinajstić information content (AvgIpc) is 3.10. The molecule has 0 fully saturated rings. The number of amides is 3. The van der Waals surface area contributed by atoms with Gasteiger partial charge >= 0.3 is 5.97 Å². The minimum absolute atomic E-state index is 0.0238. The molecule has 11 nitrogen and oxygen atoms in total. The highest BCUT2D eigenvalue weighted by atomic mass is 16.4. The molecule has 0 spiro atoms. The number of H-pyrrole nitrogens is 1. The number of aliphatic carboxylic acids is 1. The Morgan fingerprint density at radius 2 is 1.89 bits per heavy atom. The highest BCUT2D eigenvalue weighted by Crippen LogP contribution is 2.06. The smallest absolute Gasteiger partial charge is 0.326 e. The number of aromatic nitrogens is 2. The Bertz CT molecular complexity index is 646. The third-order valence-corrected chi connectivity index (χ3v) is 3.58. The Balaban J connectivity index is 2.72. The van der Waals surface area contributed by atoms with Crippen molar-refractivity contribution in [2.45, 2.75) is 38.8 Å². The van der Waals surface area contributed by atoms with E-state index in [-0.39, 0.29) is 25.4 Å². The zero-order chi connectivity index (χ0) is 20.4. The molecule has 0 saturated heterocycles. The second-order valence-corrected chi connectivity index (χ2v) is 6.41. The maximum atomic E-state index is 12.5. The molecule has 1 rings (SSSR count). The molecule has 0 bridgehead atoms. The van der Waals surface area contributed by atoms with Gasteiger partial charge in [0, 0.05) is 18.3 Å². The number of nitrogens with one attached hydrogen (secondary N) is 4. The molecule has 7 N–H and O–H groups in total. The normalized spacial score (nSPS) is 12.9. The molecule has 1 aromatic rings. The maximum absolute atomic E-state index is 12.5. The zero-order valence-corrected chi connectivity index (χ0v) is 15.3. The lowest BCUT2D eigenvalue weighted by atomic mass is 10.0. The van der Waals surface area contributed by atoms with Crippen LogP contribution in [0.2, 0.25) is 0 Å². The number of nitrogens with two attached hydrogens (primary N) is 1. The van der Waals surface area contributed by atoms with Crippen LogP contribution in [0.15, 0.2) is 12.5 Å². The van der Waals surface area contributed by atoms with E-state index in [4.69, 9.17) is 5.73 Å². The second-order valence-electron chi connectivity index (χ2n) is 6.41. The SMILES string of the molecule is CC(C)CC(NC(=O)CNC(=O)CN)C(=O)NC(Cc1cnc[nH]1)C(=O)O. The number of nitrogens with zero attached hydrogens (tertiary/aromatic N) is 1. The quantitative estimate of drug-likeness (QED) is 0.259. The van der Waals surface area contributed by atoms with Crippen LogP contribution in [-0.4, -0.2) is 63.9 Å². The molecule has 2 unspecified atom stereocenters. The van der Waals surface area contributed by atoms with Crippen LogP contribution in [0.25, 0.3) is 0 Å². The van der Waals surface area contributed by atoms with Gasteiger partial charge in [-0.25, -0.2) is 9.78 Å². The number of imidazole rings is 1. The van der Waals surface area contributed by atoms with Gasteiger partial charge in [0.05, 0.1) is 19.4 Å². The number of hydrogen-bond donors (Lipinski definition) is 6. The first-order chi connectivity index (χ1) is 12.7. The number of carbonyl (C=O) groups is 4. The van der Waals surface area contributed by atoms with Crippen molar-refractivity contribution in [3.63, 3.8) is 0 Å². The minimum Gasteiger partial charge on any atom is -0.480 e. The molecule has 0 radical (unpaired) electrons. The van der Waals surface area contributed by atoms with E-state index in [1.807, 2.05) is 13.8 Å². The topological polar surface area (TPSA) is 179 Å². The summed E-state index contributed by atoms with van der Waals surface area (Å²) in [5.41, 5.74) is 5.69. The molecular formula is C16H26N6O5. The van der Waals surface area contributed by atoms with Crippen LogP contribution in [0.5, 0.6) is 0 Å². The second kappa shape index (κ2) is 10.9. The summed E-state index contributed by atoms with van der Waals surface area (Å²) in [6.45, 7) is 3.15. The molecule has 1 heterocycles. The van der Waals surface area contributed by atoms with Crippen molar-refractivity contribution in [3.05, 3.63) is 18.2 Å². The van der Waals surface area contributed by atoms with E-state index in [0.717, 1.165) is 0 Å². The molecule has 0 aliphatic heterocycles. The number of carboxylic acid groups (broad SMARTS) is 1. The molecule has 0 aliphatic carbocycles. The van der Waals surface area contributed by atoms with Gasteiger partial charge < -0.3 is 31.8 Å². The summed E-state index contributed by atoms with van der Waals surface area (Å²) in [4.78, 5) is 53.6. The van der Waals surface area contributed by atoms with Crippen molar-refractivity contribution in [2.24, 2.45) is 11.7 Å². The van der Waals surface area contributed by atoms with E-state index >= 15 is 0 Å². The van der Waals surface area contributed by atoms with Crippen LogP contribution < -0.4 is 21.7 Å². The van der Waals surface area contributed by atoms with Gasteiger partial charge in [-0.15, -0.1) is 0 Å². The summed E-state index contributed by atoms with van der Waals surface area (Å²) in [5, 5.41) is 16.6. The Morgan fingerprint density at radius 3 is 2.41 bits per heavy atom. The van der Waals surface area contributed by atoms with Crippen LogP contribution in [-0.2, 0) is 25.6 Å². The number of carboxylic acids is 1. The van der Waals surface area contributed by atoms with Crippen molar-refractivity contribution in [1.29, 1.82) is 0 Å². The molecule has 27 heavy (non-hydrogen) atoms. The molecule has 0 aromatic carbocycles. The van der Waals surface area contributed by atoms with E-state index in [0.29, 0.717) is 12.1 Å². The first-order valence-corrected chi connectivity index (χ1v) is 8.49. The highest BCUT2D eigenvalue weighted by Gasteiger charge is 2.27. The van der Waals surface area contributed by atoms with E-state index < -0.39 is 35.8 Å². The molecule has 3 amide bonds. The average molecular weight is 382 g/mol. The van der Waals surface area contributed by atoms with Crippen LogP contribution in [0.1, 0.15) is 26.0 Å².